The second-order valence-corrected chi connectivity index (χ2v) is 4.28. The lowest BCUT2D eigenvalue weighted by atomic mass is 10.1. The molecule has 0 aromatic carbocycles. The van der Waals surface area contributed by atoms with E-state index in [0.29, 0.717) is 0 Å². The van der Waals surface area contributed by atoms with Crippen LogP contribution < -0.4 is 0 Å². The summed E-state index contributed by atoms with van der Waals surface area (Å²) in [5.74, 6) is 0. The van der Waals surface area contributed by atoms with Gasteiger partial charge in [0.05, 0.1) is 0 Å². The summed E-state index contributed by atoms with van der Waals surface area (Å²) in [5, 5.41) is 0. The Morgan fingerprint density at radius 3 is 1.50 bits per heavy atom. The Hall–Kier alpha value is -0.0100. The summed E-state index contributed by atoms with van der Waals surface area (Å²) in [6, 6.07) is 0. The highest BCUT2D eigenvalue weighted by molar-refractivity contribution is 5.85. The van der Waals surface area contributed by atoms with Gasteiger partial charge in [-0.15, -0.1) is 25.6 Å². The Morgan fingerprint density at radius 2 is 1.12 bits per heavy atom. The zero-order chi connectivity index (χ0) is 11.9. The molecule has 0 amide bonds. The largest absolute Gasteiger partial charge is 0.309 e. The van der Waals surface area contributed by atoms with Gasteiger partial charge in [0.15, 0.2) is 0 Å². The zero-order valence-electron chi connectivity index (χ0n) is 11.6. The van der Waals surface area contributed by atoms with Crippen LogP contribution >= 0.6 is 12.4 Å². The molecule has 1 nitrogen and oxygen atoms in total. The van der Waals surface area contributed by atoms with E-state index in [2.05, 4.69) is 39.1 Å². The lowest BCUT2D eigenvalue weighted by Gasteiger charge is -2.08. The number of hydrogen-bond donors (Lipinski definition) is 0. The molecule has 16 heavy (non-hydrogen) atoms. The van der Waals surface area contributed by atoms with Gasteiger partial charge in [-0.25, -0.2) is 0 Å². The summed E-state index contributed by atoms with van der Waals surface area (Å²) in [6.45, 7) is 9.53. The van der Waals surface area contributed by atoms with E-state index in [9.17, 15) is 0 Å². The van der Waals surface area contributed by atoms with Crippen molar-refractivity contribution in [3.63, 3.8) is 0 Å². The topological polar surface area (TPSA) is 3.24 Å². The molecule has 0 radical (unpaired) electrons. The van der Waals surface area contributed by atoms with E-state index in [1.54, 1.807) is 0 Å². The third-order valence-electron chi connectivity index (χ3n) is 2.46. The monoisotopic (exact) mass is 249 g/mol. The van der Waals surface area contributed by atoms with E-state index < -0.39 is 0 Å². The van der Waals surface area contributed by atoms with E-state index in [4.69, 9.17) is 0 Å². The third-order valence-corrected chi connectivity index (χ3v) is 2.46. The number of hydrogen-bond acceptors (Lipinski definition) is 1. The molecule has 0 N–H and O–H groups in total. The SMILES string of the molecule is C=C.CCCCCCCCCCN(C)C.Cl. The average molecular weight is 250 g/mol. The van der Waals surface area contributed by atoms with Crippen molar-refractivity contribution in [1.82, 2.24) is 4.90 Å². The first-order valence-electron chi connectivity index (χ1n) is 6.42. The lowest BCUT2D eigenvalue weighted by molar-refractivity contribution is 0.389. The van der Waals surface area contributed by atoms with Crippen LogP contribution in [0.1, 0.15) is 58.3 Å². The highest BCUT2D eigenvalue weighted by Crippen LogP contribution is 2.08. The van der Waals surface area contributed by atoms with Gasteiger partial charge in [-0.05, 0) is 27.1 Å². The minimum absolute atomic E-state index is 0. The van der Waals surface area contributed by atoms with Crippen molar-refractivity contribution in [2.45, 2.75) is 58.3 Å². The predicted octanol–water partition coefficient (Wildman–Crippen LogP) is 4.91. The third kappa shape index (κ3) is 23.7. The smallest absolute Gasteiger partial charge is 0.00248 e. The Bertz CT molecular complexity index is 105. The number of rotatable bonds is 9. The summed E-state index contributed by atoms with van der Waals surface area (Å²) >= 11 is 0. The van der Waals surface area contributed by atoms with Gasteiger partial charge in [-0.3, -0.25) is 0 Å². The Kier molecular flexibility index (Phi) is 27.2. The van der Waals surface area contributed by atoms with Gasteiger partial charge in [0.2, 0.25) is 0 Å². The van der Waals surface area contributed by atoms with Gasteiger partial charge in [-0.1, -0.05) is 51.9 Å². The van der Waals surface area contributed by atoms with Crippen LogP contribution in [0.3, 0.4) is 0 Å². The molecule has 0 aliphatic heterocycles. The molecule has 0 aromatic rings. The minimum Gasteiger partial charge on any atom is -0.309 e. The molecule has 100 valence electrons. The van der Waals surface area contributed by atoms with Crippen LogP contribution in [0.2, 0.25) is 0 Å². The normalized spacial score (nSPS) is 9.25. The quantitative estimate of drug-likeness (QED) is 0.415. The summed E-state index contributed by atoms with van der Waals surface area (Å²) in [6.07, 6.45) is 11.4. The van der Waals surface area contributed by atoms with Crippen LogP contribution in [0.4, 0.5) is 0 Å². The van der Waals surface area contributed by atoms with E-state index >= 15 is 0 Å². The van der Waals surface area contributed by atoms with E-state index in [1.807, 2.05) is 0 Å². The van der Waals surface area contributed by atoms with Crippen molar-refractivity contribution in [3.05, 3.63) is 13.2 Å². The first-order chi connectivity index (χ1) is 7.27. The maximum Gasteiger partial charge on any atom is -0.00248 e. The van der Waals surface area contributed by atoms with Crippen LogP contribution in [0.15, 0.2) is 13.2 Å². The van der Waals surface area contributed by atoms with Crippen molar-refractivity contribution < 1.29 is 0 Å². The van der Waals surface area contributed by atoms with Crippen LogP contribution in [0.25, 0.3) is 0 Å². The Balaban J connectivity index is -0.000000529. The minimum atomic E-state index is 0. The van der Waals surface area contributed by atoms with Crippen molar-refractivity contribution in [2.24, 2.45) is 0 Å². The van der Waals surface area contributed by atoms with Crippen LogP contribution in [-0.2, 0) is 0 Å². The molecule has 0 aliphatic rings. The summed E-state index contributed by atoms with van der Waals surface area (Å²) in [4.78, 5) is 2.27. The molecule has 0 aliphatic carbocycles. The Morgan fingerprint density at radius 1 is 0.750 bits per heavy atom. The lowest BCUT2D eigenvalue weighted by Crippen LogP contribution is -2.12. The van der Waals surface area contributed by atoms with Gasteiger partial charge in [0.1, 0.15) is 0 Å². The van der Waals surface area contributed by atoms with Crippen molar-refractivity contribution in [2.75, 3.05) is 20.6 Å². The number of nitrogens with zero attached hydrogens (tertiary/aromatic N) is 1. The average Bonchev–Trinajstić information content (AvgIpc) is 2.24. The van der Waals surface area contributed by atoms with Crippen LogP contribution in [0, 0.1) is 0 Å². The van der Waals surface area contributed by atoms with Gasteiger partial charge in [0, 0.05) is 0 Å². The molecule has 0 rings (SSSR count). The fourth-order valence-corrected chi connectivity index (χ4v) is 1.56. The molecular weight excluding hydrogens is 218 g/mol. The molecule has 0 aromatic heterocycles. The Labute approximate surface area is 110 Å². The van der Waals surface area contributed by atoms with Gasteiger partial charge in [-0.2, -0.15) is 0 Å². The molecule has 2 heteroatoms. The summed E-state index contributed by atoms with van der Waals surface area (Å²) < 4.78 is 0. The molecule has 0 atom stereocenters. The summed E-state index contributed by atoms with van der Waals surface area (Å²) in [5.41, 5.74) is 0. The van der Waals surface area contributed by atoms with E-state index in [-0.39, 0.29) is 12.4 Å². The highest BCUT2D eigenvalue weighted by Gasteiger charge is 1.92. The fourth-order valence-electron chi connectivity index (χ4n) is 1.56. The molecule has 0 heterocycles. The first-order valence-corrected chi connectivity index (χ1v) is 6.42. The number of unbranched alkanes of at least 4 members (excludes halogenated alkanes) is 7. The van der Waals surface area contributed by atoms with E-state index in [0.717, 1.165) is 0 Å². The van der Waals surface area contributed by atoms with Crippen molar-refractivity contribution >= 4 is 12.4 Å². The molecule has 0 fully saturated rings. The van der Waals surface area contributed by atoms with Crippen molar-refractivity contribution in [3.8, 4) is 0 Å². The summed E-state index contributed by atoms with van der Waals surface area (Å²) in [7, 11) is 4.31. The van der Waals surface area contributed by atoms with Gasteiger partial charge < -0.3 is 4.90 Å². The van der Waals surface area contributed by atoms with E-state index in [1.165, 1.54) is 57.9 Å². The van der Waals surface area contributed by atoms with Crippen molar-refractivity contribution in [1.29, 1.82) is 0 Å². The van der Waals surface area contributed by atoms with Crippen LogP contribution in [-0.4, -0.2) is 25.5 Å². The molecule has 0 saturated carbocycles. The second kappa shape index (κ2) is 20.4. The number of halogens is 1. The molecule has 0 spiro atoms. The maximum absolute atomic E-state index is 3.00. The molecular formula is C14H32ClN. The van der Waals surface area contributed by atoms with Gasteiger partial charge in [0.25, 0.3) is 0 Å². The molecule has 0 bridgehead atoms. The predicted molar refractivity (Wildman–Crippen MR) is 79.7 cm³/mol. The maximum atomic E-state index is 3.00. The standard InChI is InChI=1S/C12H27N.C2H4.ClH/c1-4-5-6-7-8-9-10-11-12-13(2)3;1-2;/h4-12H2,1-3H3;1-2H2;1H. The zero-order valence-corrected chi connectivity index (χ0v) is 12.5. The highest BCUT2D eigenvalue weighted by atomic mass is 35.5. The fraction of sp³-hybridized carbons (Fsp3) is 0.857. The first kappa shape index (κ1) is 21.3. The molecule has 0 saturated heterocycles. The van der Waals surface area contributed by atoms with Crippen LogP contribution in [0.5, 0.6) is 0 Å². The molecule has 0 unspecified atom stereocenters. The second-order valence-electron chi connectivity index (χ2n) is 4.28. The van der Waals surface area contributed by atoms with Gasteiger partial charge >= 0.3 is 0 Å².